The normalized spacial score (nSPS) is 23.8. The van der Waals surface area contributed by atoms with Crippen LogP contribution in [-0.2, 0) is 4.79 Å². The molecule has 1 atom stereocenters. The van der Waals surface area contributed by atoms with Crippen LogP contribution < -0.4 is 5.73 Å². The maximum absolute atomic E-state index is 10.6. The van der Waals surface area contributed by atoms with Crippen molar-refractivity contribution in [3.8, 4) is 0 Å². The summed E-state index contributed by atoms with van der Waals surface area (Å²) in [6.07, 6.45) is 3.11. The number of hydrogen-bond acceptors (Lipinski definition) is 2. The summed E-state index contributed by atoms with van der Waals surface area (Å²) in [7, 11) is 0. The third-order valence-electron chi connectivity index (χ3n) is 1.96. The first-order chi connectivity index (χ1) is 5.16. The van der Waals surface area contributed by atoms with Gasteiger partial charge in [0.25, 0.3) is 0 Å². The summed E-state index contributed by atoms with van der Waals surface area (Å²) in [5.41, 5.74) is 6.33. The Hall–Kier alpha value is -1.25. The Labute approximate surface area is 65.2 Å². The van der Waals surface area contributed by atoms with Crippen LogP contribution in [0.1, 0.15) is 12.8 Å². The van der Waals surface area contributed by atoms with Gasteiger partial charge in [-0.25, -0.2) is 4.79 Å². The molecular formula is C8H11NO2. The lowest BCUT2D eigenvalue weighted by molar-refractivity contribution is -0.133. The first kappa shape index (κ1) is 7.85. The van der Waals surface area contributed by atoms with E-state index in [-0.39, 0.29) is 5.92 Å². The number of carboxylic acids is 1. The van der Waals surface area contributed by atoms with Crippen LogP contribution in [0.15, 0.2) is 23.9 Å². The Kier molecular flexibility index (Phi) is 1.98. The SMILES string of the molecule is C=CC1CCC(N)=C1C(=O)O. The van der Waals surface area contributed by atoms with E-state index in [1.54, 1.807) is 6.08 Å². The second-order valence-corrected chi connectivity index (χ2v) is 2.62. The zero-order chi connectivity index (χ0) is 8.43. The molecule has 0 spiro atoms. The van der Waals surface area contributed by atoms with Crippen molar-refractivity contribution >= 4 is 5.97 Å². The monoisotopic (exact) mass is 153 g/mol. The van der Waals surface area contributed by atoms with Crippen LogP contribution >= 0.6 is 0 Å². The summed E-state index contributed by atoms with van der Waals surface area (Å²) >= 11 is 0. The van der Waals surface area contributed by atoms with E-state index >= 15 is 0 Å². The second kappa shape index (κ2) is 2.78. The lowest BCUT2D eigenvalue weighted by atomic mass is 10.0. The largest absolute Gasteiger partial charge is 0.478 e. The van der Waals surface area contributed by atoms with Gasteiger partial charge in [-0.2, -0.15) is 0 Å². The molecule has 0 heterocycles. The summed E-state index contributed by atoms with van der Waals surface area (Å²) in [4.78, 5) is 10.6. The van der Waals surface area contributed by atoms with Crippen LogP contribution in [0.4, 0.5) is 0 Å². The van der Waals surface area contributed by atoms with Gasteiger partial charge in [0, 0.05) is 11.6 Å². The van der Waals surface area contributed by atoms with E-state index in [0.717, 1.165) is 6.42 Å². The molecule has 0 saturated carbocycles. The Morgan fingerprint density at radius 2 is 2.45 bits per heavy atom. The molecule has 0 saturated heterocycles. The third-order valence-corrected chi connectivity index (χ3v) is 1.96. The van der Waals surface area contributed by atoms with E-state index in [0.29, 0.717) is 17.7 Å². The van der Waals surface area contributed by atoms with Crippen LogP contribution in [0.5, 0.6) is 0 Å². The van der Waals surface area contributed by atoms with Gasteiger partial charge in [0.1, 0.15) is 0 Å². The summed E-state index contributed by atoms with van der Waals surface area (Å²) in [6, 6.07) is 0. The number of carbonyl (C=O) groups is 1. The van der Waals surface area contributed by atoms with Crippen molar-refractivity contribution < 1.29 is 9.90 Å². The van der Waals surface area contributed by atoms with Gasteiger partial charge in [-0.15, -0.1) is 6.58 Å². The minimum Gasteiger partial charge on any atom is -0.478 e. The van der Waals surface area contributed by atoms with Crippen molar-refractivity contribution in [1.29, 1.82) is 0 Å². The summed E-state index contributed by atoms with van der Waals surface area (Å²) in [6.45, 7) is 3.56. The first-order valence-corrected chi connectivity index (χ1v) is 3.51. The Bertz CT molecular complexity index is 230. The number of aliphatic carboxylic acids is 1. The highest BCUT2D eigenvalue weighted by atomic mass is 16.4. The van der Waals surface area contributed by atoms with E-state index in [4.69, 9.17) is 10.8 Å². The molecule has 0 amide bonds. The van der Waals surface area contributed by atoms with E-state index in [9.17, 15) is 4.79 Å². The van der Waals surface area contributed by atoms with Crippen molar-refractivity contribution in [2.24, 2.45) is 11.7 Å². The molecule has 1 aliphatic rings. The van der Waals surface area contributed by atoms with Crippen LogP contribution in [0.3, 0.4) is 0 Å². The summed E-state index contributed by atoms with van der Waals surface area (Å²) in [5.74, 6) is -0.961. The average molecular weight is 153 g/mol. The molecule has 0 aromatic heterocycles. The quantitative estimate of drug-likeness (QED) is 0.579. The molecule has 3 nitrogen and oxygen atoms in total. The molecular weight excluding hydrogens is 142 g/mol. The maximum Gasteiger partial charge on any atom is 0.333 e. The molecule has 0 aromatic rings. The number of hydrogen-bond donors (Lipinski definition) is 2. The summed E-state index contributed by atoms with van der Waals surface area (Å²) < 4.78 is 0. The Morgan fingerprint density at radius 1 is 1.82 bits per heavy atom. The molecule has 3 N–H and O–H groups in total. The van der Waals surface area contributed by atoms with Crippen molar-refractivity contribution in [2.75, 3.05) is 0 Å². The second-order valence-electron chi connectivity index (χ2n) is 2.62. The fourth-order valence-corrected chi connectivity index (χ4v) is 1.36. The van der Waals surface area contributed by atoms with Gasteiger partial charge >= 0.3 is 5.97 Å². The highest BCUT2D eigenvalue weighted by molar-refractivity contribution is 5.89. The highest BCUT2D eigenvalue weighted by Gasteiger charge is 2.26. The average Bonchev–Trinajstić information content (AvgIpc) is 2.30. The van der Waals surface area contributed by atoms with Gasteiger partial charge in [-0.05, 0) is 12.8 Å². The number of carboxylic acid groups (broad SMARTS) is 1. The lowest BCUT2D eigenvalue weighted by Gasteiger charge is -2.03. The first-order valence-electron chi connectivity index (χ1n) is 3.51. The lowest BCUT2D eigenvalue weighted by Crippen LogP contribution is -2.10. The van der Waals surface area contributed by atoms with Crippen LogP contribution in [0.2, 0.25) is 0 Å². The molecule has 0 aliphatic heterocycles. The highest BCUT2D eigenvalue weighted by Crippen LogP contribution is 2.29. The van der Waals surface area contributed by atoms with Crippen molar-refractivity contribution in [3.63, 3.8) is 0 Å². The van der Waals surface area contributed by atoms with E-state index in [2.05, 4.69) is 6.58 Å². The molecule has 3 heteroatoms. The number of rotatable bonds is 2. The zero-order valence-electron chi connectivity index (χ0n) is 6.21. The van der Waals surface area contributed by atoms with Gasteiger partial charge in [0.2, 0.25) is 0 Å². The van der Waals surface area contributed by atoms with E-state index < -0.39 is 5.97 Å². The third kappa shape index (κ3) is 1.27. The van der Waals surface area contributed by atoms with Gasteiger partial charge in [-0.1, -0.05) is 6.08 Å². The van der Waals surface area contributed by atoms with Crippen LogP contribution in [0, 0.1) is 5.92 Å². The van der Waals surface area contributed by atoms with E-state index in [1.165, 1.54) is 0 Å². The maximum atomic E-state index is 10.6. The molecule has 0 aromatic carbocycles. The molecule has 1 unspecified atom stereocenters. The van der Waals surface area contributed by atoms with Gasteiger partial charge in [-0.3, -0.25) is 0 Å². The standard InChI is InChI=1S/C8H11NO2/c1-2-5-3-4-6(9)7(5)8(10)11/h2,5H,1,3-4,9H2,(H,10,11). The van der Waals surface area contributed by atoms with Crippen LogP contribution in [0.25, 0.3) is 0 Å². The molecule has 0 bridgehead atoms. The minimum absolute atomic E-state index is 0.0486. The minimum atomic E-state index is -0.912. The molecule has 1 aliphatic carbocycles. The van der Waals surface area contributed by atoms with Crippen molar-refractivity contribution in [3.05, 3.63) is 23.9 Å². The zero-order valence-corrected chi connectivity index (χ0v) is 6.21. The Morgan fingerprint density at radius 3 is 2.82 bits per heavy atom. The van der Waals surface area contributed by atoms with Crippen LogP contribution in [-0.4, -0.2) is 11.1 Å². The smallest absolute Gasteiger partial charge is 0.333 e. The Balaban J connectivity index is 2.93. The molecule has 0 fully saturated rings. The van der Waals surface area contributed by atoms with Gasteiger partial charge < -0.3 is 10.8 Å². The molecule has 60 valence electrons. The number of allylic oxidation sites excluding steroid dienone is 2. The predicted molar refractivity (Wildman–Crippen MR) is 41.8 cm³/mol. The molecule has 11 heavy (non-hydrogen) atoms. The number of nitrogens with two attached hydrogens (primary N) is 1. The van der Waals surface area contributed by atoms with Gasteiger partial charge in [0.05, 0.1) is 5.57 Å². The van der Waals surface area contributed by atoms with Gasteiger partial charge in [0.15, 0.2) is 0 Å². The predicted octanol–water partition coefficient (Wildman–Crippen LogP) is 0.880. The van der Waals surface area contributed by atoms with E-state index in [1.807, 2.05) is 0 Å². The fraction of sp³-hybridized carbons (Fsp3) is 0.375. The topological polar surface area (TPSA) is 63.3 Å². The van der Waals surface area contributed by atoms with Crippen molar-refractivity contribution in [1.82, 2.24) is 0 Å². The molecule has 1 rings (SSSR count). The van der Waals surface area contributed by atoms with Crippen molar-refractivity contribution in [2.45, 2.75) is 12.8 Å². The fourth-order valence-electron chi connectivity index (χ4n) is 1.36. The molecule has 0 radical (unpaired) electrons. The summed E-state index contributed by atoms with van der Waals surface area (Å²) in [5, 5.41) is 8.70.